The third kappa shape index (κ3) is 5.04. The van der Waals surface area contributed by atoms with Crippen molar-refractivity contribution in [3.8, 4) is 11.5 Å². The van der Waals surface area contributed by atoms with E-state index in [-0.39, 0.29) is 12.3 Å². The van der Waals surface area contributed by atoms with Crippen LogP contribution in [-0.2, 0) is 11.2 Å². The van der Waals surface area contributed by atoms with Crippen molar-refractivity contribution in [3.63, 3.8) is 0 Å². The van der Waals surface area contributed by atoms with Gasteiger partial charge in [0.1, 0.15) is 11.5 Å². The van der Waals surface area contributed by atoms with Crippen molar-refractivity contribution in [1.82, 2.24) is 0 Å². The average Bonchev–Trinajstić information content (AvgIpc) is 2.69. The highest BCUT2D eigenvalue weighted by molar-refractivity contribution is 9.10. The first-order valence-electron chi connectivity index (χ1n) is 9.38. The molecule has 5 heteroatoms. The largest absolute Gasteiger partial charge is 0.496 e. The average molecular weight is 442 g/mol. The minimum Gasteiger partial charge on any atom is -0.496 e. The number of rotatable bonds is 8. The molecule has 3 aromatic carbocycles. The maximum atomic E-state index is 12.6. The molecule has 3 aromatic rings. The highest BCUT2D eigenvalue weighted by Crippen LogP contribution is 2.30. The number of benzene rings is 3. The lowest BCUT2D eigenvalue weighted by Crippen LogP contribution is -2.15. The van der Waals surface area contributed by atoms with Gasteiger partial charge >= 0.3 is 0 Å². The Balaban J connectivity index is 1.72. The van der Waals surface area contributed by atoms with Crippen LogP contribution in [0.1, 0.15) is 25.3 Å². The summed E-state index contributed by atoms with van der Waals surface area (Å²) in [4.78, 5) is 12.6. The predicted octanol–water partition coefficient (Wildman–Crippen LogP) is 5.97. The van der Waals surface area contributed by atoms with Gasteiger partial charge in [0.25, 0.3) is 0 Å². The van der Waals surface area contributed by atoms with Gasteiger partial charge in [0, 0.05) is 15.7 Å². The molecule has 0 unspecified atom stereocenters. The quantitative estimate of drug-likeness (QED) is 0.437. The second-order valence-electron chi connectivity index (χ2n) is 6.56. The Kier molecular flexibility index (Phi) is 6.93. The number of hydrogen-bond donors (Lipinski definition) is 1. The number of hydrogen-bond acceptors (Lipinski definition) is 3. The van der Waals surface area contributed by atoms with Gasteiger partial charge in [0.05, 0.1) is 20.1 Å². The summed E-state index contributed by atoms with van der Waals surface area (Å²) < 4.78 is 12.1. The van der Waals surface area contributed by atoms with Crippen LogP contribution in [0.5, 0.6) is 11.5 Å². The Morgan fingerprint density at radius 2 is 1.86 bits per heavy atom. The van der Waals surface area contributed by atoms with Crippen LogP contribution in [0, 0.1) is 0 Å². The van der Waals surface area contributed by atoms with Crippen molar-refractivity contribution in [3.05, 3.63) is 64.6 Å². The van der Waals surface area contributed by atoms with Crippen LogP contribution in [0.15, 0.2) is 59.1 Å². The molecule has 0 atom stereocenters. The third-order valence-electron chi connectivity index (χ3n) is 4.51. The molecule has 4 nitrogen and oxygen atoms in total. The first-order chi connectivity index (χ1) is 13.6. The lowest BCUT2D eigenvalue weighted by atomic mass is 10.0. The molecular weight excluding hydrogens is 418 g/mol. The number of methoxy groups -OCH3 is 1. The topological polar surface area (TPSA) is 47.6 Å². The Labute approximate surface area is 174 Å². The van der Waals surface area contributed by atoms with Crippen molar-refractivity contribution >= 4 is 38.3 Å². The van der Waals surface area contributed by atoms with Gasteiger partial charge in [-0.3, -0.25) is 4.79 Å². The number of carbonyl (C=O) groups excluding carboxylic acids is 1. The fraction of sp³-hybridized carbons (Fsp3) is 0.261. The SMILES string of the molecule is CCCCOc1ccc(NC(=O)Cc2c(OC)ccc3cc(Br)ccc23)cc1. The van der Waals surface area contributed by atoms with E-state index in [1.54, 1.807) is 7.11 Å². The first-order valence-corrected chi connectivity index (χ1v) is 10.2. The molecule has 0 aliphatic carbocycles. The van der Waals surface area contributed by atoms with E-state index < -0.39 is 0 Å². The molecule has 1 N–H and O–H groups in total. The van der Waals surface area contributed by atoms with Crippen LogP contribution in [0.4, 0.5) is 5.69 Å². The number of unbranched alkanes of at least 4 members (excludes halogenated alkanes) is 1. The highest BCUT2D eigenvalue weighted by Gasteiger charge is 2.13. The summed E-state index contributed by atoms with van der Waals surface area (Å²) in [5.41, 5.74) is 1.62. The van der Waals surface area contributed by atoms with Crippen LogP contribution < -0.4 is 14.8 Å². The standard InChI is InChI=1S/C23H24BrNO3/c1-3-4-13-28-19-9-7-18(8-10-19)25-23(26)15-21-20-11-6-17(24)14-16(20)5-12-22(21)27-2/h5-12,14H,3-4,13,15H2,1-2H3,(H,25,26). The molecule has 0 spiro atoms. The second kappa shape index (κ2) is 9.60. The van der Waals surface area contributed by atoms with E-state index in [1.165, 1.54) is 0 Å². The normalized spacial score (nSPS) is 10.7. The molecule has 0 saturated carbocycles. The molecule has 0 fully saturated rings. The smallest absolute Gasteiger partial charge is 0.228 e. The van der Waals surface area contributed by atoms with Crippen molar-refractivity contribution in [2.45, 2.75) is 26.2 Å². The second-order valence-corrected chi connectivity index (χ2v) is 7.48. The Hall–Kier alpha value is -2.53. The Bertz CT molecular complexity index is 954. The molecule has 28 heavy (non-hydrogen) atoms. The monoisotopic (exact) mass is 441 g/mol. The molecule has 0 saturated heterocycles. The summed E-state index contributed by atoms with van der Waals surface area (Å²) in [6, 6.07) is 17.4. The van der Waals surface area contributed by atoms with Crippen LogP contribution in [0.3, 0.4) is 0 Å². The molecule has 0 bridgehead atoms. The Morgan fingerprint density at radius 1 is 1.07 bits per heavy atom. The lowest BCUT2D eigenvalue weighted by Gasteiger charge is -2.13. The summed E-state index contributed by atoms with van der Waals surface area (Å²) in [6.45, 7) is 2.84. The number of fused-ring (bicyclic) bond motifs is 1. The van der Waals surface area contributed by atoms with Gasteiger partial charge in [0.2, 0.25) is 5.91 Å². The molecule has 0 aromatic heterocycles. The zero-order valence-electron chi connectivity index (χ0n) is 16.1. The number of amides is 1. The number of ether oxygens (including phenoxy) is 2. The maximum Gasteiger partial charge on any atom is 0.228 e. The molecule has 3 rings (SSSR count). The summed E-state index contributed by atoms with van der Waals surface area (Å²) in [6.07, 6.45) is 2.36. The lowest BCUT2D eigenvalue weighted by molar-refractivity contribution is -0.115. The minimum absolute atomic E-state index is 0.0895. The van der Waals surface area contributed by atoms with E-state index in [2.05, 4.69) is 28.2 Å². The zero-order valence-corrected chi connectivity index (χ0v) is 17.7. The van der Waals surface area contributed by atoms with Crippen molar-refractivity contribution in [1.29, 1.82) is 0 Å². The van der Waals surface area contributed by atoms with E-state index in [9.17, 15) is 4.79 Å². The summed E-state index contributed by atoms with van der Waals surface area (Å²) in [5.74, 6) is 1.44. The van der Waals surface area contributed by atoms with Gasteiger partial charge in [-0.15, -0.1) is 0 Å². The molecule has 146 valence electrons. The van der Waals surface area contributed by atoms with E-state index in [1.807, 2.05) is 54.6 Å². The molecule has 0 aliphatic heterocycles. The van der Waals surface area contributed by atoms with Gasteiger partial charge in [-0.1, -0.05) is 41.4 Å². The number of anilines is 1. The maximum absolute atomic E-state index is 12.6. The number of halogens is 1. The van der Waals surface area contributed by atoms with Crippen molar-refractivity contribution in [2.75, 3.05) is 19.0 Å². The van der Waals surface area contributed by atoms with Crippen LogP contribution in [-0.4, -0.2) is 19.6 Å². The van der Waals surface area contributed by atoms with Gasteiger partial charge < -0.3 is 14.8 Å². The van der Waals surface area contributed by atoms with Crippen molar-refractivity contribution < 1.29 is 14.3 Å². The molecule has 0 heterocycles. The van der Waals surface area contributed by atoms with Gasteiger partial charge in [0.15, 0.2) is 0 Å². The van der Waals surface area contributed by atoms with Crippen molar-refractivity contribution in [2.24, 2.45) is 0 Å². The van der Waals surface area contributed by atoms with E-state index in [0.29, 0.717) is 12.4 Å². The molecular formula is C23H24BrNO3. The molecule has 1 amide bonds. The van der Waals surface area contributed by atoms with E-state index >= 15 is 0 Å². The van der Waals surface area contributed by atoms with Gasteiger partial charge in [-0.05, 0) is 59.7 Å². The summed E-state index contributed by atoms with van der Waals surface area (Å²) >= 11 is 3.49. The van der Waals surface area contributed by atoms with E-state index in [4.69, 9.17) is 9.47 Å². The fourth-order valence-electron chi connectivity index (χ4n) is 3.05. The summed E-state index contributed by atoms with van der Waals surface area (Å²) in [5, 5.41) is 5.03. The number of nitrogens with one attached hydrogen (secondary N) is 1. The predicted molar refractivity (Wildman–Crippen MR) is 117 cm³/mol. The van der Waals surface area contributed by atoms with Crippen LogP contribution in [0.2, 0.25) is 0 Å². The molecule has 0 radical (unpaired) electrons. The number of carbonyl (C=O) groups is 1. The molecule has 0 aliphatic rings. The third-order valence-corrected chi connectivity index (χ3v) is 5.01. The van der Waals surface area contributed by atoms with Gasteiger partial charge in [-0.25, -0.2) is 0 Å². The summed E-state index contributed by atoms with van der Waals surface area (Å²) in [7, 11) is 1.62. The van der Waals surface area contributed by atoms with Gasteiger partial charge in [-0.2, -0.15) is 0 Å². The first kappa shape index (κ1) is 20.2. The fourth-order valence-corrected chi connectivity index (χ4v) is 3.43. The van der Waals surface area contributed by atoms with Crippen LogP contribution in [0.25, 0.3) is 10.8 Å². The van der Waals surface area contributed by atoms with E-state index in [0.717, 1.165) is 45.1 Å². The highest BCUT2D eigenvalue weighted by atomic mass is 79.9. The minimum atomic E-state index is -0.0895. The zero-order chi connectivity index (χ0) is 19.9. The Morgan fingerprint density at radius 3 is 2.57 bits per heavy atom. The van der Waals surface area contributed by atoms with Crippen LogP contribution >= 0.6 is 15.9 Å².